The highest BCUT2D eigenvalue weighted by atomic mass is 16.5. The highest BCUT2D eigenvalue weighted by Gasteiger charge is 2.27. The quantitative estimate of drug-likeness (QED) is 0.805. The zero-order valence-corrected chi connectivity index (χ0v) is 10.4. The molecule has 6 heteroatoms. The molecule has 18 heavy (non-hydrogen) atoms. The van der Waals surface area contributed by atoms with E-state index in [1.165, 1.54) is 0 Å². The SMILES string of the molecule is Cc1cc(OCC(=O)NC2CCCC2CO)no1. The van der Waals surface area contributed by atoms with E-state index < -0.39 is 0 Å². The van der Waals surface area contributed by atoms with E-state index in [9.17, 15) is 4.79 Å². The topological polar surface area (TPSA) is 84.6 Å². The molecule has 100 valence electrons. The maximum Gasteiger partial charge on any atom is 0.258 e. The Morgan fingerprint density at radius 1 is 1.67 bits per heavy atom. The van der Waals surface area contributed by atoms with Crippen LogP contribution in [0, 0.1) is 12.8 Å². The molecular weight excluding hydrogens is 236 g/mol. The predicted molar refractivity (Wildman–Crippen MR) is 63.1 cm³/mol. The average Bonchev–Trinajstić information content (AvgIpc) is 2.95. The van der Waals surface area contributed by atoms with Crippen LogP contribution in [-0.2, 0) is 4.79 Å². The molecule has 0 bridgehead atoms. The summed E-state index contributed by atoms with van der Waals surface area (Å²) < 4.78 is 10.0. The summed E-state index contributed by atoms with van der Waals surface area (Å²) in [5, 5.41) is 15.7. The van der Waals surface area contributed by atoms with Crippen molar-refractivity contribution >= 4 is 5.91 Å². The standard InChI is InChI=1S/C12H18N2O4/c1-8-5-12(14-18-8)17-7-11(16)13-10-4-2-3-9(10)6-15/h5,9-10,15H,2-4,6-7H2,1H3,(H,13,16). The van der Waals surface area contributed by atoms with Crippen molar-refractivity contribution < 1.29 is 19.2 Å². The summed E-state index contributed by atoms with van der Waals surface area (Å²) in [6.07, 6.45) is 2.92. The molecule has 1 heterocycles. The lowest BCUT2D eigenvalue weighted by Gasteiger charge is -2.18. The molecule has 0 spiro atoms. The highest BCUT2D eigenvalue weighted by Crippen LogP contribution is 2.24. The Kier molecular flexibility index (Phi) is 4.19. The van der Waals surface area contributed by atoms with Crippen LogP contribution in [0.15, 0.2) is 10.6 Å². The summed E-state index contributed by atoms with van der Waals surface area (Å²) in [6.45, 7) is 1.79. The molecule has 2 unspecified atom stereocenters. The van der Waals surface area contributed by atoms with Gasteiger partial charge in [0.05, 0.1) is 0 Å². The minimum Gasteiger partial charge on any atom is -0.465 e. The molecule has 6 nitrogen and oxygen atoms in total. The summed E-state index contributed by atoms with van der Waals surface area (Å²) in [7, 11) is 0. The lowest BCUT2D eigenvalue weighted by atomic mass is 10.1. The number of aromatic nitrogens is 1. The third kappa shape index (κ3) is 3.22. The van der Waals surface area contributed by atoms with Gasteiger partial charge in [-0.1, -0.05) is 6.42 Å². The number of carbonyl (C=O) groups excluding carboxylic acids is 1. The van der Waals surface area contributed by atoms with Crippen molar-refractivity contribution in [3.63, 3.8) is 0 Å². The van der Waals surface area contributed by atoms with Crippen molar-refractivity contribution in [1.82, 2.24) is 10.5 Å². The van der Waals surface area contributed by atoms with Gasteiger partial charge in [0.1, 0.15) is 5.76 Å². The van der Waals surface area contributed by atoms with Crippen molar-refractivity contribution in [3.8, 4) is 5.88 Å². The van der Waals surface area contributed by atoms with E-state index >= 15 is 0 Å². The normalized spacial score (nSPS) is 23.0. The molecule has 2 N–H and O–H groups in total. The molecule has 1 saturated carbocycles. The van der Waals surface area contributed by atoms with Gasteiger partial charge >= 0.3 is 0 Å². The Labute approximate surface area is 105 Å². The molecule has 0 aromatic carbocycles. The van der Waals surface area contributed by atoms with Crippen LogP contribution in [0.4, 0.5) is 0 Å². The van der Waals surface area contributed by atoms with E-state index in [1.807, 2.05) is 0 Å². The van der Waals surface area contributed by atoms with Gasteiger partial charge in [-0.15, -0.1) is 0 Å². The first-order chi connectivity index (χ1) is 8.69. The van der Waals surface area contributed by atoms with Gasteiger partial charge in [0, 0.05) is 24.6 Å². The maximum atomic E-state index is 11.7. The van der Waals surface area contributed by atoms with Crippen LogP contribution in [0.3, 0.4) is 0 Å². The zero-order valence-electron chi connectivity index (χ0n) is 10.4. The van der Waals surface area contributed by atoms with Gasteiger partial charge in [0.25, 0.3) is 11.8 Å². The summed E-state index contributed by atoms with van der Waals surface area (Å²) >= 11 is 0. The first kappa shape index (κ1) is 12.9. The Bertz CT molecular complexity index is 405. The number of hydrogen-bond donors (Lipinski definition) is 2. The number of carbonyl (C=O) groups is 1. The lowest BCUT2D eigenvalue weighted by Crippen LogP contribution is -2.40. The fourth-order valence-corrected chi connectivity index (χ4v) is 2.24. The number of nitrogens with one attached hydrogen (secondary N) is 1. The van der Waals surface area contributed by atoms with Crippen molar-refractivity contribution in [2.45, 2.75) is 32.2 Å². The Hall–Kier alpha value is -1.56. The number of hydrogen-bond acceptors (Lipinski definition) is 5. The van der Waals surface area contributed by atoms with E-state index in [4.69, 9.17) is 14.4 Å². The van der Waals surface area contributed by atoms with E-state index in [0.29, 0.717) is 11.6 Å². The van der Waals surface area contributed by atoms with Crippen LogP contribution in [0.5, 0.6) is 5.88 Å². The summed E-state index contributed by atoms with van der Waals surface area (Å²) in [5.41, 5.74) is 0. The van der Waals surface area contributed by atoms with Crippen molar-refractivity contribution in [3.05, 3.63) is 11.8 Å². The molecule has 1 aromatic heterocycles. The number of ether oxygens (including phenoxy) is 1. The minimum atomic E-state index is -0.194. The van der Waals surface area contributed by atoms with Crippen molar-refractivity contribution in [2.24, 2.45) is 5.92 Å². The van der Waals surface area contributed by atoms with Crippen LogP contribution in [-0.4, -0.2) is 35.4 Å². The number of aliphatic hydroxyl groups is 1. The van der Waals surface area contributed by atoms with Crippen LogP contribution < -0.4 is 10.1 Å². The number of nitrogens with zero attached hydrogens (tertiary/aromatic N) is 1. The Morgan fingerprint density at radius 3 is 3.17 bits per heavy atom. The fourth-order valence-electron chi connectivity index (χ4n) is 2.24. The first-order valence-corrected chi connectivity index (χ1v) is 6.15. The molecule has 2 rings (SSSR count). The third-order valence-electron chi connectivity index (χ3n) is 3.20. The van der Waals surface area contributed by atoms with Gasteiger partial charge in [0.2, 0.25) is 0 Å². The second-order valence-electron chi connectivity index (χ2n) is 4.61. The van der Waals surface area contributed by atoms with E-state index in [1.54, 1.807) is 13.0 Å². The molecule has 1 aromatic rings. The van der Waals surface area contributed by atoms with Gasteiger partial charge in [-0.25, -0.2) is 0 Å². The molecule has 1 fully saturated rings. The summed E-state index contributed by atoms with van der Waals surface area (Å²) in [6, 6.07) is 1.68. The average molecular weight is 254 g/mol. The van der Waals surface area contributed by atoms with Gasteiger partial charge in [-0.05, 0) is 24.9 Å². The summed E-state index contributed by atoms with van der Waals surface area (Å²) in [4.78, 5) is 11.7. The Morgan fingerprint density at radius 2 is 2.50 bits per heavy atom. The maximum absolute atomic E-state index is 11.7. The van der Waals surface area contributed by atoms with Gasteiger partial charge in [0.15, 0.2) is 6.61 Å². The number of aryl methyl sites for hydroxylation is 1. The molecule has 1 amide bonds. The van der Waals surface area contributed by atoms with Crippen molar-refractivity contribution in [2.75, 3.05) is 13.2 Å². The minimum absolute atomic E-state index is 0.0603. The first-order valence-electron chi connectivity index (χ1n) is 6.15. The highest BCUT2D eigenvalue weighted by molar-refractivity contribution is 5.77. The van der Waals surface area contributed by atoms with Gasteiger partial charge in [-0.2, -0.15) is 0 Å². The van der Waals surface area contributed by atoms with Gasteiger partial charge in [-0.3, -0.25) is 4.79 Å². The van der Waals surface area contributed by atoms with Crippen molar-refractivity contribution in [1.29, 1.82) is 0 Å². The lowest BCUT2D eigenvalue weighted by molar-refractivity contribution is -0.124. The third-order valence-corrected chi connectivity index (χ3v) is 3.20. The predicted octanol–water partition coefficient (Wildman–Crippen LogP) is 0.639. The number of aliphatic hydroxyl groups excluding tert-OH is 1. The van der Waals surface area contributed by atoms with Crippen LogP contribution in [0.2, 0.25) is 0 Å². The molecular formula is C12H18N2O4. The van der Waals surface area contributed by atoms with Crippen LogP contribution >= 0.6 is 0 Å². The molecule has 0 radical (unpaired) electrons. The molecule has 0 aliphatic heterocycles. The molecule has 2 atom stereocenters. The smallest absolute Gasteiger partial charge is 0.258 e. The number of amides is 1. The van der Waals surface area contributed by atoms with Crippen LogP contribution in [0.25, 0.3) is 0 Å². The second-order valence-corrected chi connectivity index (χ2v) is 4.61. The molecule has 0 saturated heterocycles. The van der Waals surface area contributed by atoms with E-state index in [0.717, 1.165) is 19.3 Å². The van der Waals surface area contributed by atoms with E-state index in [2.05, 4.69) is 10.5 Å². The second kappa shape index (κ2) is 5.86. The Balaban J connectivity index is 1.75. The largest absolute Gasteiger partial charge is 0.465 e. The summed E-state index contributed by atoms with van der Waals surface area (Å²) in [5.74, 6) is 0.929. The van der Waals surface area contributed by atoms with E-state index in [-0.39, 0.29) is 31.1 Å². The molecule has 1 aliphatic carbocycles. The fraction of sp³-hybridized carbons (Fsp3) is 0.667. The number of rotatable bonds is 5. The van der Waals surface area contributed by atoms with Crippen LogP contribution in [0.1, 0.15) is 25.0 Å². The zero-order chi connectivity index (χ0) is 13.0. The monoisotopic (exact) mass is 254 g/mol. The molecule has 1 aliphatic rings. The van der Waals surface area contributed by atoms with Gasteiger partial charge < -0.3 is 19.7 Å².